The van der Waals surface area contributed by atoms with Crippen molar-refractivity contribution in [2.24, 2.45) is 5.41 Å². The maximum atomic E-state index is 11.5. The molecule has 1 saturated carbocycles. The van der Waals surface area contributed by atoms with Crippen molar-refractivity contribution in [1.82, 2.24) is 15.6 Å². The van der Waals surface area contributed by atoms with Crippen molar-refractivity contribution in [3.05, 3.63) is 23.4 Å². The number of nitrogens with zero attached hydrogens (tertiary/aromatic N) is 1. The van der Waals surface area contributed by atoms with E-state index in [1.165, 1.54) is 18.9 Å². The van der Waals surface area contributed by atoms with Crippen LogP contribution >= 0.6 is 0 Å². The Hall–Kier alpha value is -1.66. The van der Waals surface area contributed by atoms with Crippen LogP contribution in [0, 0.1) is 5.41 Å². The largest absolute Gasteiger partial charge is 0.471 e. The molecule has 6 nitrogen and oxygen atoms in total. The average Bonchev–Trinajstić information content (AvgIpc) is 2.62. The first-order valence-corrected chi connectivity index (χ1v) is 11.5. The summed E-state index contributed by atoms with van der Waals surface area (Å²) in [5, 5.41) is 17.2. The Morgan fingerprint density at radius 1 is 1.40 bits per heavy atom. The van der Waals surface area contributed by atoms with Crippen molar-refractivity contribution in [1.29, 1.82) is 0 Å². The molecule has 1 aromatic rings. The summed E-state index contributed by atoms with van der Waals surface area (Å²) in [6.45, 7) is 10.7. The lowest BCUT2D eigenvalue weighted by Gasteiger charge is -2.47. The fraction of sp³-hybridized carbons (Fsp3) is 0.750. The van der Waals surface area contributed by atoms with Crippen LogP contribution in [-0.4, -0.2) is 40.3 Å². The van der Waals surface area contributed by atoms with Crippen LogP contribution in [0.4, 0.5) is 0 Å². The van der Waals surface area contributed by atoms with E-state index in [-0.39, 0.29) is 29.0 Å². The van der Waals surface area contributed by atoms with E-state index < -0.39 is 6.10 Å². The van der Waals surface area contributed by atoms with Crippen molar-refractivity contribution in [2.75, 3.05) is 6.54 Å². The molecule has 1 aliphatic heterocycles. The van der Waals surface area contributed by atoms with Crippen LogP contribution in [0.3, 0.4) is 0 Å². The number of nitrogens with one attached hydrogen (secondary N) is 2. The van der Waals surface area contributed by atoms with Gasteiger partial charge in [0.25, 0.3) is 0 Å². The predicted octanol–water partition coefficient (Wildman–Crippen LogP) is 3.67. The summed E-state index contributed by atoms with van der Waals surface area (Å²) < 4.78 is 6.35. The summed E-state index contributed by atoms with van der Waals surface area (Å²) in [6, 6.07) is 2.08. The lowest BCUT2D eigenvalue weighted by molar-refractivity contribution is -0.120. The number of carbonyl (C=O) groups excluding carboxylic acids is 1. The molecule has 2 heterocycles. The number of rotatable bonds is 8. The highest BCUT2D eigenvalue weighted by Crippen LogP contribution is 2.48. The lowest BCUT2D eigenvalue weighted by atomic mass is 9.73. The molecule has 0 unspecified atom stereocenters. The van der Waals surface area contributed by atoms with Gasteiger partial charge in [-0.05, 0) is 49.1 Å². The zero-order valence-electron chi connectivity index (χ0n) is 19.3. The molecule has 1 amide bonds. The van der Waals surface area contributed by atoms with Gasteiger partial charge >= 0.3 is 0 Å². The monoisotopic (exact) mass is 417 g/mol. The number of hydrogen-bond donors (Lipinski definition) is 3. The molecule has 3 N–H and O–H groups in total. The van der Waals surface area contributed by atoms with E-state index in [9.17, 15) is 9.90 Å². The molecule has 6 heteroatoms. The molecule has 1 aliphatic carbocycles. The predicted molar refractivity (Wildman–Crippen MR) is 118 cm³/mol. The van der Waals surface area contributed by atoms with Crippen LogP contribution in [0.5, 0.6) is 5.88 Å². The second kappa shape index (κ2) is 9.23. The van der Waals surface area contributed by atoms with Gasteiger partial charge in [-0.2, -0.15) is 0 Å². The van der Waals surface area contributed by atoms with Gasteiger partial charge in [-0.25, -0.2) is 4.98 Å². The highest BCUT2D eigenvalue weighted by Gasteiger charge is 2.46. The van der Waals surface area contributed by atoms with Gasteiger partial charge in [0.2, 0.25) is 11.8 Å². The minimum Gasteiger partial charge on any atom is -0.471 e. The lowest BCUT2D eigenvalue weighted by Crippen LogP contribution is -2.51. The fourth-order valence-electron chi connectivity index (χ4n) is 4.69. The average molecular weight is 418 g/mol. The smallest absolute Gasteiger partial charge is 0.218 e. The Morgan fingerprint density at radius 2 is 2.13 bits per heavy atom. The molecule has 3 atom stereocenters. The van der Waals surface area contributed by atoms with Crippen LogP contribution in [-0.2, 0) is 11.2 Å². The molecule has 0 saturated heterocycles. The Bertz CT molecular complexity index is 740. The minimum atomic E-state index is -0.636. The molecule has 30 heavy (non-hydrogen) atoms. The van der Waals surface area contributed by atoms with Crippen molar-refractivity contribution in [3.63, 3.8) is 0 Å². The first-order chi connectivity index (χ1) is 14.1. The van der Waals surface area contributed by atoms with Crippen molar-refractivity contribution in [3.8, 4) is 5.88 Å². The third-order valence-electron chi connectivity index (χ3n) is 6.23. The second-order valence-electron chi connectivity index (χ2n) is 10.4. The van der Waals surface area contributed by atoms with Crippen molar-refractivity contribution >= 4 is 5.91 Å². The van der Waals surface area contributed by atoms with Gasteiger partial charge < -0.3 is 20.5 Å². The van der Waals surface area contributed by atoms with Crippen LogP contribution in [0.25, 0.3) is 0 Å². The van der Waals surface area contributed by atoms with E-state index in [4.69, 9.17) is 4.74 Å². The molecule has 3 rings (SSSR count). The van der Waals surface area contributed by atoms with Gasteiger partial charge in [0.15, 0.2) is 0 Å². The molecule has 1 fully saturated rings. The van der Waals surface area contributed by atoms with E-state index in [1.807, 2.05) is 6.20 Å². The third kappa shape index (κ3) is 5.73. The Balaban J connectivity index is 1.76. The Morgan fingerprint density at radius 3 is 2.70 bits per heavy atom. The van der Waals surface area contributed by atoms with Crippen molar-refractivity contribution < 1.29 is 14.6 Å². The fourth-order valence-corrected chi connectivity index (χ4v) is 4.69. The zero-order valence-corrected chi connectivity index (χ0v) is 19.3. The molecular formula is C24H39N3O3. The Kier molecular flexibility index (Phi) is 7.08. The molecular weight excluding hydrogens is 378 g/mol. The number of amides is 1. The van der Waals surface area contributed by atoms with Crippen LogP contribution in [0.15, 0.2) is 12.3 Å². The SMILES string of the molecule is CCC[C@H](NC(C)=O)[C@H](O)CN[C@H]1CC2(CCC2)Oc2ncc(CC(C)(C)C)cc21. The van der Waals surface area contributed by atoms with Gasteiger partial charge in [-0.1, -0.05) is 34.1 Å². The number of fused-ring (bicyclic) bond motifs is 1. The highest BCUT2D eigenvalue weighted by molar-refractivity contribution is 5.73. The summed E-state index contributed by atoms with van der Waals surface area (Å²) in [5.74, 6) is 0.630. The van der Waals surface area contributed by atoms with Crippen LogP contribution in [0.2, 0.25) is 0 Å². The quantitative estimate of drug-likeness (QED) is 0.601. The van der Waals surface area contributed by atoms with E-state index in [2.05, 4.69) is 49.4 Å². The maximum Gasteiger partial charge on any atom is 0.218 e. The molecule has 168 valence electrons. The standard InChI is InChI=1S/C24H39N3O3/c1-6-8-19(27-16(2)28)21(29)15-25-20-13-24(9-7-10-24)30-22-18(20)11-17(14-26-22)12-23(3,4)5/h11,14,19-21,25,29H,6-10,12-13,15H2,1-5H3,(H,27,28)/t19-,20-,21+/m0/s1. The number of pyridine rings is 1. The summed E-state index contributed by atoms with van der Waals surface area (Å²) in [5.41, 5.74) is 2.37. The third-order valence-corrected chi connectivity index (χ3v) is 6.23. The number of aliphatic hydroxyl groups is 1. The molecule has 1 spiro atoms. The molecule has 0 bridgehead atoms. The molecule has 0 aromatic carbocycles. The van der Waals surface area contributed by atoms with Crippen LogP contribution < -0.4 is 15.4 Å². The number of aromatic nitrogens is 1. The summed E-state index contributed by atoms with van der Waals surface area (Å²) in [7, 11) is 0. The summed E-state index contributed by atoms with van der Waals surface area (Å²) >= 11 is 0. The first-order valence-electron chi connectivity index (χ1n) is 11.5. The van der Waals surface area contributed by atoms with Gasteiger partial charge in [0.05, 0.1) is 12.1 Å². The summed E-state index contributed by atoms with van der Waals surface area (Å²) in [4.78, 5) is 16.2. The van der Waals surface area contributed by atoms with Gasteiger partial charge in [-0.15, -0.1) is 0 Å². The highest BCUT2D eigenvalue weighted by atomic mass is 16.5. The number of carbonyl (C=O) groups is 1. The van der Waals surface area contributed by atoms with Crippen LogP contribution in [0.1, 0.15) is 90.3 Å². The van der Waals surface area contributed by atoms with Gasteiger partial charge in [0.1, 0.15) is 5.60 Å². The first kappa shape index (κ1) is 23.0. The zero-order chi connectivity index (χ0) is 21.9. The molecule has 2 aliphatic rings. The van der Waals surface area contributed by atoms with E-state index in [0.29, 0.717) is 6.54 Å². The van der Waals surface area contributed by atoms with E-state index in [1.54, 1.807) is 0 Å². The Labute approximate surface area is 181 Å². The van der Waals surface area contributed by atoms with Gasteiger partial charge in [-0.3, -0.25) is 4.79 Å². The van der Waals surface area contributed by atoms with E-state index >= 15 is 0 Å². The maximum absolute atomic E-state index is 11.5. The van der Waals surface area contributed by atoms with Crippen molar-refractivity contribution in [2.45, 2.75) is 103 Å². The number of ether oxygens (including phenoxy) is 1. The molecule has 1 aromatic heterocycles. The summed E-state index contributed by atoms with van der Waals surface area (Å²) in [6.07, 6.45) is 8.13. The number of hydrogen-bond acceptors (Lipinski definition) is 5. The minimum absolute atomic E-state index is 0.0933. The topological polar surface area (TPSA) is 83.5 Å². The number of aliphatic hydroxyl groups excluding tert-OH is 1. The van der Waals surface area contributed by atoms with E-state index in [0.717, 1.165) is 50.0 Å². The van der Waals surface area contributed by atoms with Gasteiger partial charge in [0, 0.05) is 37.7 Å². The molecule has 0 radical (unpaired) electrons. The second-order valence-corrected chi connectivity index (χ2v) is 10.4. The normalized spacial score (nSPS) is 21.9.